The van der Waals surface area contributed by atoms with Crippen molar-refractivity contribution < 1.29 is 4.79 Å². The normalized spacial score (nSPS) is 19.8. The van der Waals surface area contributed by atoms with E-state index >= 15 is 0 Å². The van der Waals surface area contributed by atoms with Gasteiger partial charge in [0.15, 0.2) is 0 Å². The molecule has 0 bridgehead atoms. The molecule has 1 N–H and O–H groups in total. The second-order valence-electron chi connectivity index (χ2n) is 3.15. The minimum atomic E-state index is 0.264. The zero-order valence-electron chi connectivity index (χ0n) is 7.26. The summed E-state index contributed by atoms with van der Waals surface area (Å²) in [5.41, 5.74) is 0. The van der Waals surface area contributed by atoms with Crippen molar-refractivity contribution in [3.05, 3.63) is 0 Å². The maximum Gasteiger partial charge on any atom is 0.143 e. The summed E-state index contributed by atoms with van der Waals surface area (Å²) in [5.74, 6) is 0.264. The van der Waals surface area contributed by atoms with Crippen LogP contribution in [0.5, 0.6) is 0 Å². The van der Waals surface area contributed by atoms with Crippen LogP contribution in [0.3, 0.4) is 0 Å². The van der Waals surface area contributed by atoms with Crippen LogP contribution in [0, 0.1) is 0 Å². The summed E-state index contributed by atoms with van der Waals surface area (Å²) in [4.78, 5) is 12.8. The van der Waals surface area contributed by atoms with Crippen molar-refractivity contribution >= 4 is 5.78 Å². The number of nitrogens with one attached hydrogen (secondary N) is 1. The molecule has 1 aliphatic heterocycles. The quantitative estimate of drug-likeness (QED) is 0.615. The highest BCUT2D eigenvalue weighted by Crippen LogP contribution is 2.06. The van der Waals surface area contributed by atoms with E-state index in [1.54, 1.807) is 6.92 Å². The van der Waals surface area contributed by atoms with Crippen LogP contribution in [-0.4, -0.2) is 42.9 Å². The lowest BCUT2D eigenvalue weighted by molar-refractivity contribution is -0.119. The highest BCUT2D eigenvalue weighted by atomic mass is 16.1. The van der Waals surface area contributed by atoms with Gasteiger partial charge in [-0.1, -0.05) is 6.92 Å². The van der Waals surface area contributed by atoms with Crippen LogP contribution in [0.4, 0.5) is 0 Å². The van der Waals surface area contributed by atoms with Crippen molar-refractivity contribution in [3.63, 3.8) is 0 Å². The zero-order valence-corrected chi connectivity index (χ0v) is 7.26. The number of nitrogens with zero attached hydrogens (tertiary/aromatic N) is 1. The zero-order chi connectivity index (χ0) is 8.27. The molecule has 0 aromatic carbocycles. The van der Waals surface area contributed by atoms with Gasteiger partial charge in [-0.05, 0) is 13.5 Å². The van der Waals surface area contributed by atoms with Crippen LogP contribution >= 0.6 is 0 Å². The second-order valence-corrected chi connectivity index (χ2v) is 3.15. The van der Waals surface area contributed by atoms with Crippen LogP contribution in [-0.2, 0) is 4.79 Å². The van der Waals surface area contributed by atoms with Gasteiger partial charge in [0.25, 0.3) is 0 Å². The molecule has 11 heavy (non-hydrogen) atoms. The Balaban J connectivity index is 2.04. The molecule has 0 amide bonds. The summed E-state index contributed by atoms with van der Waals surface area (Å²) >= 11 is 0. The smallest absolute Gasteiger partial charge is 0.143 e. The van der Waals surface area contributed by atoms with Crippen molar-refractivity contribution in [2.45, 2.75) is 19.9 Å². The third-order valence-corrected chi connectivity index (χ3v) is 1.90. The maximum atomic E-state index is 10.6. The summed E-state index contributed by atoms with van der Waals surface area (Å²) in [6.07, 6.45) is 0. The molecule has 0 atom stereocenters. The third-order valence-electron chi connectivity index (χ3n) is 1.90. The first kappa shape index (κ1) is 8.68. The van der Waals surface area contributed by atoms with Gasteiger partial charge in [0.05, 0.1) is 6.54 Å². The van der Waals surface area contributed by atoms with Crippen LogP contribution in [0.2, 0.25) is 0 Å². The maximum absolute atomic E-state index is 10.6. The molecule has 1 fully saturated rings. The molecule has 1 saturated heterocycles. The monoisotopic (exact) mass is 156 g/mol. The van der Waals surface area contributed by atoms with E-state index in [4.69, 9.17) is 0 Å². The Hall–Kier alpha value is -0.410. The lowest BCUT2D eigenvalue weighted by Crippen LogP contribution is -2.58. The van der Waals surface area contributed by atoms with Crippen molar-refractivity contribution in [2.75, 3.05) is 26.2 Å². The predicted octanol–water partition coefficient (Wildman–Crippen LogP) is -0.131. The predicted molar refractivity (Wildman–Crippen MR) is 44.6 cm³/mol. The van der Waals surface area contributed by atoms with E-state index in [9.17, 15) is 4.79 Å². The average Bonchev–Trinajstić information content (AvgIpc) is 1.82. The van der Waals surface area contributed by atoms with Crippen molar-refractivity contribution in [3.8, 4) is 0 Å². The molecule has 0 aromatic heterocycles. The van der Waals surface area contributed by atoms with E-state index in [2.05, 4.69) is 17.1 Å². The fourth-order valence-electron chi connectivity index (χ4n) is 1.43. The number of carbonyl (C=O) groups excluding carboxylic acids is 1. The van der Waals surface area contributed by atoms with Crippen LogP contribution in [0.1, 0.15) is 13.8 Å². The van der Waals surface area contributed by atoms with Gasteiger partial charge >= 0.3 is 0 Å². The van der Waals surface area contributed by atoms with Gasteiger partial charge in [-0.2, -0.15) is 0 Å². The number of likely N-dealkylation sites (tertiary alicyclic amines) is 1. The molecule has 0 saturated carbocycles. The average molecular weight is 156 g/mol. The summed E-state index contributed by atoms with van der Waals surface area (Å²) in [6, 6.07) is 0.624. The van der Waals surface area contributed by atoms with Gasteiger partial charge in [-0.15, -0.1) is 0 Å². The lowest BCUT2D eigenvalue weighted by Gasteiger charge is -2.38. The highest BCUT2D eigenvalue weighted by molar-refractivity contribution is 5.77. The first-order chi connectivity index (χ1) is 5.22. The van der Waals surface area contributed by atoms with Gasteiger partial charge in [-0.3, -0.25) is 9.69 Å². The standard InChI is InChI=1S/C8H16N2O/c1-3-9-8-5-10(6-8)4-7(2)11/h8-9H,3-6H2,1-2H3. The number of carbonyl (C=O) groups is 1. The largest absolute Gasteiger partial charge is 0.312 e. The Morgan fingerprint density at radius 3 is 2.73 bits per heavy atom. The van der Waals surface area contributed by atoms with Gasteiger partial charge in [-0.25, -0.2) is 0 Å². The number of Topliss-reactive ketones (excluding diaryl/α,β-unsaturated/α-hetero) is 1. The minimum absolute atomic E-state index is 0.264. The first-order valence-electron chi connectivity index (χ1n) is 4.17. The Morgan fingerprint density at radius 2 is 2.27 bits per heavy atom. The number of rotatable bonds is 4. The van der Waals surface area contributed by atoms with E-state index in [1.807, 2.05) is 0 Å². The second kappa shape index (κ2) is 3.83. The third kappa shape index (κ3) is 2.60. The van der Waals surface area contributed by atoms with E-state index < -0.39 is 0 Å². The topological polar surface area (TPSA) is 32.3 Å². The number of ketones is 1. The van der Waals surface area contributed by atoms with E-state index in [0.29, 0.717) is 12.6 Å². The summed E-state index contributed by atoms with van der Waals surface area (Å²) < 4.78 is 0. The molecule has 0 unspecified atom stereocenters. The molecule has 1 aliphatic rings. The molecule has 3 nitrogen and oxygen atoms in total. The van der Waals surface area contributed by atoms with E-state index in [0.717, 1.165) is 19.6 Å². The molecule has 0 aliphatic carbocycles. The fraction of sp³-hybridized carbons (Fsp3) is 0.875. The van der Waals surface area contributed by atoms with Gasteiger partial charge in [0.2, 0.25) is 0 Å². The molecule has 0 radical (unpaired) electrons. The molecular weight excluding hydrogens is 140 g/mol. The molecule has 1 heterocycles. The van der Waals surface area contributed by atoms with Gasteiger partial charge < -0.3 is 5.32 Å². The van der Waals surface area contributed by atoms with Crippen molar-refractivity contribution in [2.24, 2.45) is 0 Å². The highest BCUT2D eigenvalue weighted by Gasteiger charge is 2.25. The van der Waals surface area contributed by atoms with E-state index in [1.165, 1.54) is 0 Å². The molecular formula is C8H16N2O. The van der Waals surface area contributed by atoms with Crippen LogP contribution in [0.25, 0.3) is 0 Å². The summed E-state index contributed by atoms with van der Waals surface area (Å²) in [6.45, 7) is 7.47. The van der Waals surface area contributed by atoms with E-state index in [-0.39, 0.29) is 5.78 Å². The number of likely N-dealkylation sites (N-methyl/N-ethyl adjacent to an activating group) is 1. The minimum Gasteiger partial charge on any atom is -0.312 e. The Kier molecular flexibility index (Phi) is 3.02. The molecule has 0 spiro atoms. The SMILES string of the molecule is CCNC1CN(CC(C)=O)C1. The van der Waals surface area contributed by atoms with Crippen LogP contribution < -0.4 is 5.32 Å². The molecule has 0 aromatic rings. The Morgan fingerprint density at radius 1 is 1.64 bits per heavy atom. The summed E-state index contributed by atoms with van der Waals surface area (Å²) in [5, 5.41) is 3.33. The molecule has 64 valence electrons. The summed E-state index contributed by atoms with van der Waals surface area (Å²) in [7, 11) is 0. The van der Waals surface area contributed by atoms with Gasteiger partial charge in [0.1, 0.15) is 5.78 Å². The lowest BCUT2D eigenvalue weighted by atomic mass is 10.1. The number of hydrogen-bond donors (Lipinski definition) is 1. The number of hydrogen-bond acceptors (Lipinski definition) is 3. The van der Waals surface area contributed by atoms with Crippen molar-refractivity contribution in [1.82, 2.24) is 10.2 Å². The Labute approximate surface area is 67.8 Å². The van der Waals surface area contributed by atoms with Crippen LogP contribution in [0.15, 0.2) is 0 Å². The van der Waals surface area contributed by atoms with Gasteiger partial charge in [0, 0.05) is 19.1 Å². The first-order valence-corrected chi connectivity index (χ1v) is 4.17. The fourth-order valence-corrected chi connectivity index (χ4v) is 1.43. The molecule has 1 rings (SSSR count). The van der Waals surface area contributed by atoms with Crippen molar-refractivity contribution in [1.29, 1.82) is 0 Å². The molecule has 3 heteroatoms. The Bertz CT molecular complexity index is 141.